The highest BCUT2D eigenvalue weighted by Gasteiger charge is 2.26. The maximum atomic E-state index is 6.67. The molecule has 35 heavy (non-hydrogen) atoms. The van der Waals surface area contributed by atoms with Crippen LogP contribution >= 0.6 is 34.8 Å². The van der Waals surface area contributed by atoms with E-state index < -0.39 is 0 Å². The van der Waals surface area contributed by atoms with Crippen LogP contribution in [0.2, 0.25) is 15.1 Å². The Hall–Kier alpha value is -2.40. The third-order valence-corrected chi connectivity index (χ3v) is 7.08. The molecule has 4 aromatic rings. The van der Waals surface area contributed by atoms with Crippen molar-refractivity contribution in [3.63, 3.8) is 0 Å². The molecular formula is C28H30Cl3N3O. The minimum absolute atomic E-state index is 0.466. The summed E-state index contributed by atoms with van der Waals surface area (Å²) in [5.74, 6) is 1.89. The number of benzene rings is 3. The monoisotopic (exact) mass is 529 g/mol. The summed E-state index contributed by atoms with van der Waals surface area (Å²) in [4.78, 5) is 2.30. The Morgan fingerprint density at radius 2 is 1.57 bits per heavy atom. The molecule has 1 heterocycles. The van der Waals surface area contributed by atoms with Crippen LogP contribution in [0, 0.1) is 0 Å². The van der Waals surface area contributed by atoms with Crippen molar-refractivity contribution in [3.05, 3.63) is 80.4 Å². The second kappa shape index (κ2) is 11.1. The first-order valence-electron chi connectivity index (χ1n) is 12.1. The zero-order chi connectivity index (χ0) is 25.1. The van der Waals surface area contributed by atoms with Gasteiger partial charge in [0.05, 0.1) is 22.3 Å². The van der Waals surface area contributed by atoms with Gasteiger partial charge < -0.3 is 9.64 Å². The van der Waals surface area contributed by atoms with Crippen LogP contribution in [0.5, 0.6) is 5.75 Å². The molecule has 0 atom stereocenters. The van der Waals surface area contributed by atoms with Gasteiger partial charge in [0.1, 0.15) is 17.3 Å². The lowest BCUT2D eigenvalue weighted by atomic mass is 9.96. The van der Waals surface area contributed by atoms with Crippen molar-refractivity contribution in [2.45, 2.75) is 40.5 Å². The number of ether oxygens (including phenoxy) is 1. The fourth-order valence-electron chi connectivity index (χ4n) is 4.66. The number of hydrogen-bond acceptors (Lipinski definition) is 3. The number of anilines is 1. The molecule has 3 aromatic carbocycles. The molecule has 184 valence electrons. The summed E-state index contributed by atoms with van der Waals surface area (Å²) in [5.41, 5.74) is 3.95. The van der Waals surface area contributed by atoms with Crippen LogP contribution in [0.4, 0.5) is 5.82 Å². The van der Waals surface area contributed by atoms with Crippen molar-refractivity contribution in [3.8, 4) is 11.4 Å². The molecule has 0 aliphatic rings. The molecule has 4 nitrogen and oxygen atoms in total. The van der Waals surface area contributed by atoms with Crippen LogP contribution in [0.15, 0.2) is 48.5 Å². The van der Waals surface area contributed by atoms with Crippen molar-refractivity contribution < 1.29 is 4.74 Å². The topological polar surface area (TPSA) is 30.3 Å². The Labute approximate surface area is 222 Å². The first-order chi connectivity index (χ1) is 16.9. The fraction of sp³-hybridized carbons (Fsp3) is 0.321. The normalized spacial score (nSPS) is 11.3. The van der Waals surface area contributed by atoms with E-state index >= 15 is 0 Å². The predicted molar refractivity (Wildman–Crippen MR) is 149 cm³/mol. The van der Waals surface area contributed by atoms with Gasteiger partial charge in [-0.2, -0.15) is 5.10 Å². The molecule has 0 radical (unpaired) electrons. The fourth-order valence-corrected chi connectivity index (χ4v) is 5.63. The third-order valence-electron chi connectivity index (χ3n) is 6.28. The summed E-state index contributed by atoms with van der Waals surface area (Å²) in [5, 5.41) is 8.83. The van der Waals surface area contributed by atoms with Crippen molar-refractivity contribution in [2.24, 2.45) is 0 Å². The van der Waals surface area contributed by atoms with Crippen LogP contribution in [0.1, 0.15) is 44.5 Å². The van der Waals surface area contributed by atoms with E-state index in [4.69, 9.17) is 44.6 Å². The second-order valence-corrected chi connectivity index (χ2v) is 9.53. The number of aromatic nitrogens is 2. The Bertz CT molecular complexity index is 1320. The molecule has 0 spiro atoms. The predicted octanol–water partition coefficient (Wildman–Crippen LogP) is 8.38. The van der Waals surface area contributed by atoms with Gasteiger partial charge in [0, 0.05) is 35.7 Å². The van der Waals surface area contributed by atoms with Crippen LogP contribution in [0.3, 0.4) is 0 Å². The van der Waals surface area contributed by atoms with E-state index in [1.165, 1.54) is 10.8 Å². The Morgan fingerprint density at radius 3 is 2.20 bits per heavy atom. The van der Waals surface area contributed by atoms with E-state index in [9.17, 15) is 0 Å². The lowest BCUT2D eigenvalue weighted by Gasteiger charge is -2.25. The Morgan fingerprint density at radius 1 is 0.886 bits per heavy atom. The van der Waals surface area contributed by atoms with Crippen molar-refractivity contribution in [2.75, 3.05) is 24.6 Å². The standard InChI is InChI=1S/C28H30Cl3N3O/c1-5-25-22(17-21-20-12-10-9-11-18(20)13-14-26(21)35-8-4)28(33(6-2)7-3)34(32-25)27-23(30)15-19(29)16-24(27)31/h9-16H,5-8,17H2,1-4H3. The van der Waals surface area contributed by atoms with Crippen LogP contribution in [-0.2, 0) is 12.8 Å². The van der Waals surface area contributed by atoms with Gasteiger partial charge >= 0.3 is 0 Å². The van der Waals surface area contributed by atoms with Crippen LogP contribution in [-0.4, -0.2) is 29.5 Å². The van der Waals surface area contributed by atoms with Gasteiger partial charge in [-0.15, -0.1) is 0 Å². The summed E-state index contributed by atoms with van der Waals surface area (Å²) in [6, 6.07) is 16.0. The first-order valence-corrected chi connectivity index (χ1v) is 13.2. The Balaban J connectivity index is 2.00. The van der Waals surface area contributed by atoms with Crippen LogP contribution in [0.25, 0.3) is 16.5 Å². The van der Waals surface area contributed by atoms with Crippen molar-refractivity contribution in [1.29, 1.82) is 0 Å². The van der Waals surface area contributed by atoms with E-state index in [-0.39, 0.29) is 0 Å². The van der Waals surface area contributed by atoms with Crippen molar-refractivity contribution >= 4 is 51.4 Å². The molecule has 0 aliphatic carbocycles. The number of aryl methyl sites for hydroxylation is 1. The zero-order valence-electron chi connectivity index (χ0n) is 20.5. The maximum absolute atomic E-state index is 6.67. The van der Waals surface area contributed by atoms with Crippen molar-refractivity contribution in [1.82, 2.24) is 9.78 Å². The molecule has 0 aliphatic heterocycles. The van der Waals surface area contributed by atoms with Gasteiger partial charge in [-0.1, -0.05) is 72.1 Å². The molecule has 0 bridgehead atoms. The van der Waals surface area contributed by atoms with E-state index in [0.717, 1.165) is 47.9 Å². The number of nitrogens with zero attached hydrogens (tertiary/aromatic N) is 3. The van der Waals surface area contributed by atoms with Gasteiger partial charge in [0.25, 0.3) is 0 Å². The van der Waals surface area contributed by atoms with Gasteiger partial charge in [-0.05, 0) is 56.2 Å². The highest BCUT2D eigenvalue weighted by atomic mass is 35.5. The average molecular weight is 531 g/mol. The third kappa shape index (κ3) is 4.97. The number of fused-ring (bicyclic) bond motifs is 1. The molecule has 7 heteroatoms. The lowest BCUT2D eigenvalue weighted by Crippen LogP contribution is -2.26. The minimum Gasteiger partial charge on any atom is -0.494 e. The summed E-state index contributed by atoms with van der Waals surface area (Å²) in [6.45, 7) is 10.7. The smallest absolute Gasteiger partial charge is 0.136 e. The van der Waals surface area contributed by atoms with E-state index in [1.54, 1.807) is 12.1 Å². The summed E-state index contributed by atoms with van der Waals surface area (Å²) < 4.78 is 7.99. The average Bonchev–Trinajstić information content (AvgIpc) is 3.18. The lowest BCUT2D eigenvalue weighted by molar-refractivity contribution is 0.337. The number of halogens is 3. The van der Waals surface area contributed by atoms with E-state index in [1.807, 2.05) is 11.6 Å². The number of rotatable bonds is 9. The largest absolute Gasteiger partial charge is 0.494 e. The molecule has 0 amide bonds. The molecule has 1 aromatic heterocycles. The molecule has 0 saturated heterocycles. The van der Waals surface area contributed by atoms with Gasteiger partial charge in [-0.25, -0.2) is 4.68 Å². The first kappa shape index (κ1) is 25.7. The number of hydrogen-bond donors (Lipinski definition) is 0. The van der Waals surface area contributed by atoms with E-state index in [2.05, 4.69) is 62.1 Å². The molecule has 0 saturated carbocycles. The summed E-state index contributed by atoms with van der Waals surface area (Å²) in [6.07, 6.45) is 1.45. The van der Waals surface area contributed by atoms with Gasteiger partial charge in [-0.3, -0.25) is 0 Å². The van der Waals surface area contributed by atoms with Gasteiger partial charge in [0.15, 0.2) is 0 Å². The SMILES string of the molecule is CCOc1ccc2ccccc2c1Cc1c(CC)nn(-c2c(Cl)cc(Cl)cc2Cl)c1N(CC)CC. The second-order valence-electron chi connectivity index (χ2n) is 8.28. The molecule has 4 rings (SSSR count). The highest BCUT2D eigenvalue weighted by Crippen LogP contribution is 2.39. The van der Waals surface area contributed by atoms with Gasteiger partial charge in [0.2, 0.25) is 0 Å². The molecule has 0 fully saturated rings. The quantitative estimate of drug-likeness (QED) is 0.218. The maximum Gasteiger partial charge on any atom is 0.136 e. The minimum atomic E-state index is 0.466. The molecule has 0 N–H and O–H groups in total. The molecular weight excluding hydrogens is 501 g/mol. The molecule has 0 unspecified atom stereocenters. The Kier molecular flexibility index (Phi) is 8.16. The van der Waals surface area contributed by atoms with Crippen LogP contribution < -0.4 is 9.64 Å². The van der Waals surface area contributed by atoms with E-state index in [0.29, 0.717) is 33.8 Å². The highest BCUT2D eigenvalue weighted by molar-refractivity contribution is 6.40. The summed E-state index contributed by atoms with van der Waals surface area (Å²) in [7, 11) is 0. The summed E-state index contributed by atoms with van der Waals surface area (Å²) >= 11 is 19.6. The zero-order valence-corrected chi connectivity index (χ0v) is 22.8.